The molecule has 0 N–H and O–H groups in total. The number of fused-ring (bicyclic) bond motifs is 2. The Labute approximate surface area is 183 Å². The quantitative estimate of drug-likeness (QED) is 0.592. The fraction of sp³-hybridized carbons (Fsp3) is 0.333. The third kappa shape index (κ3) is 3.92. The molecule has 2 aliphatic rings. The van der Waals surface area contributed by atoms with E-state index < -0.39 is 9.84 Å². The van der Waals surface area contributed by atoms with E-state index in [0.29, 0.717) is 49.6 Å². The molecule has 8 nitrogen and oxygen atoms in total. The van der Waals surface area contributed by atoms with Crippen LogP contribution in [0.25, 0.3) is 10.2 Å². The average molecular weight is 460 g/mol. The number of para-hydroxylation sites is 1. The zero-order chi connectivity index (χ0) is 21.6. The summed E-state index contributed by atoms with van der Waals surface area (Å²) in [4.78, 5) is 21.6. The van der Waals surface area contributed by atoms with Gasteiger partial charge in [0, 0.05) is 32.4 Å². The van der Waals surface area contributed by atoms with Crippen LogP contribution in [0.5, 0.6) is 11.5 Å². The number of piperazine rings is 1. The molecule has 0 atom stereocenters. The number of hydrogen-bond acceptors (Lipinski definition) is 8. The molecule has 5 rings (SSSR count). The van der Waals surface area contributed by atoms with Gasteiger partial charge in [0.15, 0.2) is 26.5 Å². The lowest BCUT2D eigenvalue weighted by molar-refractivity contribution is -0.130. The van der Waals surface area contributed by atoms with Crippen molar-refractivity contribution in [2.45, 2.75) is 11.3 Å². The van der Waals surface area contributed by atoms with Crippen molar-refractivity contribution in [2.75, 3.05) is 44.1 Å². The maximum absolute atomic E-state index is 12.8. The lowest BCUT2D eigenvalue weighted by Crippen LogP contribution is -2.49. The Morgan fingerprint density at radius 2 is 1.87 bits per heavy atom. The van der Waals surface area contributed by atoms with Crippen molar-refractivity contribution in [1.82, 2.24) is 9.88 Å². The number of hydrogen-bond donors (Lipinski definition) is 0. The largest absolute Gasteiger partial charge is 0.454 e. The van der Waals surface area contributed by atoms with Gasteiger partial charge in [0.1, 0.15) is 5.52 Å². The average Bonchev–Trinajstić information content (AvgIpc) is 3.39. The molecular formula is C21H21N3O5S2. The van der Waals surface area contributed by atoms with Crippen LogP contribution in [0.1, 0.15) is 5.56 Å². The first-order chi connectivity index (χ1) is 14.9. The van der Waals surface area contributed by atoms with Crippen molar-refractivity contribution in [3.63, 3.8) is 0 Å². The van der Waals surface area contributed by atoms with Gasteiger partial charge in [0.05, 0.1) is 16.0 Å². The smallest absolute Gasteiger partial charge is 0.231 e. The van der Waals surface area contributed by atoms with Gasteiger partial charge in [-0.05, 0) is 29.8 Å². The Kier molecular flexibility index (Phi) is 4.98. The number of anilines is 1. The van der Waals surface area contributed by atoms with Crippen LogP contribution < -0.4 is 14.4 Å². The molecule has 3 aromatic rings. The van der Waals surface area contributed by atoms with E-state index in [-0.39, 0.29) is 17.6 Å². The maximum Gasteiger partial charge on any atom is 0.231 e. The lowest BCUT2D eigenvalue weighted by atomic mass is 10.1. The van der Waals surface area contributed by atoms with Gasteiger partial charge in [-0.3, -0.25) is 4.79 Å². The van der Waals surface area contributed by atoms with Gasteiger partial charge in [-0.1, -0.05) is 23.5 Å². The van der Waals surface area contributed by atoms with Crippen LogP contribution in [0.2, 0.25) is 0 Å². The SMILES string of the molecule is CS(=O)(=O)c1cccc2sc(N3CCN(C(=O)Cc4ccc5c(c4)OCO5)CC3)nc12. The highest BCUT2D eigenvalue weighted by atomic mass is 32.2. The summed E-state index contributed by atoms with van der Waals surface area (Å²) >= 11 is 1.48. The molecule has 3 heterocycles. The van der Waals surface area contributed by atoms with Crippen LogP contribution in [0.3, 0.4) is 0 Å². The highest BCUT2D eigenvalue weighted by Gasteiger charge is 2.25. The summed E-state index contributed by atoms with van der Waals surface area (Å²) in [5.74, 6) is 1.46. The number of sulfone groups is 1. The lowest BCUT2D eigenvalue weighted by Gasteiger charge is -2.34. The van der Waals surface area contributed by atoms with E-state index in [2.05, 4.69) is 9.88 Å². The van der Waals surface area contributed by atoms with E-state index in [4.69, 9.17) is 9.47 Å². The number of benzene rings is 2. The molecule has 2 aromatic carbocycles. The number of nitrogens with zero attached hydrogens (tertiary/aromatic N) is 3. The number of ether oxygens (including phenoxy) is 2. The van der Waals surface area contributed by atoms with Crippen molar-refractivity contribution in [1.29, 1.82) is 0 Å². The number of aromatic nitrogens is 1. The normalized spacial score (nSPS) is 16.2. The van der Waals surface area contributed by atoms with Gasteiger partial charge in [-0.15, -0.1) is 0 Å². The predicted molar refractivity (Wildman–Crippen MR) is 118 cm³/mol. The molecule has 0 spiro atoms. The van der Waals surface area contributed by atoms with Crippen LogP contribution in [-0.2, 0) is 21.1 Å². The summed E-state index contributed by atoms with van der Waals surface area (Å²) in [5.41, 5.74) is 1.42. The minimum Gasteiger partial charge on any atom is -0.454 e. The number of thiazole rings is 1. The van der Waals surface area contributed by atoms with E-state index in [1.807, 2.05) is 29.2 Å². The van der Waals surface area contributed by atoms with Crippen LogP contribution >= 0.6 is 11.3 Å². The van der Waals surface area contributed by atoms with E-state index in [9.17, 15) is 13.2 Å². The number of amides is 1. The van der Waals surface area contributed by atoms with Crippen LogP contribution in [0.4, 0.5) is 5.13 Å². The van der Waals surface area contributed by atoms with E-state index >= 15 is 0 Å². The molecule has 1 fully saturated rings. The summed E-state index contributed by atoms with van der Waals surface area (Å²) in [6.07, 6.45) is 1.51. The fourth-order valence-electron chi connectivity index (χ4n) is 3.83. The van der Waals surface area contributed by atoms with E-state index in [1.165, 1.54) is 17.6 Å². The third-order valence-corrected chi connectivity index (χ3v) is 7.68. The number of rotatable bonds is 4. The highest BCUT2D eigenvalue weighted by molar-refractivity contribution is 7.91. The van der Waals surface area contributed by atoms with Crippen molar-refractivity contribution in [2.24, 2.45) is 0 Å². The van der Waals surface area contributed by atoms with Crippen molar-refractivity contribution >= 4 is 42.4 Å². The molecule has 10 heteroatoms. The Hall–Kier alpha value is -2.85. The second kappa shape index (κ2) is 7.69. The van der Waals surface area contributed by atoms with Crippen LogP contribution in [-0.4, -0.2) is 63.4 Å². The van der Waals surface area contributed by atoms with Gasteiger partial charge in [-0.2, -0.15) is 0 Å². The van der Waals surface area contributed by atoms with E-state index in [0.717, 1.165) is 15.4 Å². The molecule has 0 aliphatic carbocycles. The fourth-order valence-corrected chi connectivity index (χ4v) is 5.77. The van der Waals surface area contributed by atoms with Gasteiger partial charge < -0.3 is 19.3 Å². The van der Waals surface area contributed by atoms with Gasteiger partial charge in [-0.25, -0.2) is 13.4 Å². The zero-order valence-electron chi connectivity index (χ0n) is 16.9. The first-order valence-electron chi connectivity index (χ1n) is 9.89. The third-order valence-electron chi connectivity index (χ3n) is 5.47. The molecule has 0 unspecified atom stereocenters. The summed E-state index contributed by atoms with van der Waals surface area (Å²) in [7, 11) is -3.34. The van der Waals surface area contributed by atoms with Crippen molar-refractivity contribution < 1.29 is 22.7 Å². The first-order valence-corrected chi connectivity index (χ1v) is 12.6. The predicted octanol–water partition coefficient (Wildman–Crippen LogP) is 2.32. The van der Waals surface area contributed by atoms with Crippen molar-refractivity contribution in [3.8, 4) is 11.5 Å². The Bertz CT molecular complexity index is 1260. The number of carbonyl (C=O) groups excluding carboxylic acids is 1. The summed E-state index contributed by atoms with van der Waals surface area (Å²) < 4.78 is 35.7. The highest BCUT2D eigenvalue weighted by Crippen LogP contribution is 2.34. The van der Waals surface area contributed by atoms with Crippen molar-refractivity contribution in [3.05, 3.63) is 42.0 Å². The molecule has 0 radical (unpaired) electrons. The second-order valence-corrected chi connectivity index (χ2v) is 10.6. The topological polar surface area (TPSA) is 89.0 Å². The molecule has 0 bridgehead atoms. The van der Waals surface area contributed by atoms with E-state index in [1.54, 1.807) is 12.1 Å². The minimum atomic E-state index is -3.34. The zero-order valence-corrected chi connectivity index (χ0v) is 18.5. The molecule has 2 aliphatic heterocycles. The maximum atomic E-state index is 12.8. The Morgan fingerprint density at radius 1 is 1.10 bits per heavy atom. The minimum absolute atomic E-state index is 0.0715. The molecule has 0 saturated carbocycles. The summed E-state index contributed by atoms with van der Waals surface area (Å²) in [6, 6.07) is 10.8. The van der Waals surface area contributed by atoms with Gasteiger partial charge >= 0.3 is 0 Å². The molecular weight excluding hydrogens is 438 g/mol. The Balaban J connectivity index is 1.26. The summed E-state index contributed by atoms with van der Waals surface area (Å²) in [5, 5.41) is 0.786. The van der Waals surface area contributed by atoms with Crippen LogP contribution in [0.15, 0.2) is 41.3 Å². The number of carbonyl (C=O) groups is 1. The molecule has 162 valence electrons. The second-order valence-electron chi connectivity index (χ2n) is 7.60. The summed E-state index contributed by atoms with van der Waals surface area (Å²) in [6.45, 7) is 2.71. The molecule has 1 aromatic heterocycles. The van der Waals surface area contributed by atoms with Gasteiger partial charge in [0.2, 0.25) is 12.7 Å². The molecule has 31 heavy (non-hydrogen) atoms. The van der Waals surface area contributed by atoms with Crippen LogP contribution in [0, 0.1) is 0 Å². The molecule has 1 amide bonds. The molecule has 1 saturated heterocycles. The first kappa shape index (κ1) is 20.1. The Morgan fingerprint density at radius 3 is 2.65 bits per heavy atom. The standard InChI is InChI=1S/C21H21N3O5S2/c1-31(26,27)18-4-2-3-17-20(18)22-21(30-17)24-9-7-23(8-10-24)19(25)12-14-5-6-15-16(11-14)29-13-28-15/h2-6,11H,7-10,12-13H2,1H3. The van der Waals surface area contributed by atoms with Gasteiger partial charge in [0.25, 0.3) is 0 Å². The monoisotopic (exact) mass is 459 g/mol.